The third-order valence-electron chi connectivity index (χ3n) is 2.20. The van der Waals surface area contributed by atoms with E-state index in [-0.39, 0.29) is 0 Å². The molecule has 0 N–H and O–H groups in total. The summed E-state index contributed by atoms with van der Waals surface area (Å²) in [5, 5.41) is 1.68. The van der Waals surface area contributed by atoms with Gasteiger partial charge in [0.2, 0.25) is 0 Å². The fourth-order valence-corrected chi connectivity index (χ4v) is 3.59. The molecule has 0 radical (unpaired) electrons. The van der Waals surface area contributed by atoms with Gasteiger partial charge in [0.1, 0.15) is 0 Å². The summed E-state index contributed by atoms with van der Waals surface area (Å²) in [6, 6.07) is 0. The molecule has 66 valence electrons. The fraction of sp³-hybridized carbons (Fsp3) is 0.875. The highest BCUT2D eigenvalue weighted by atomic mass is 32.1. The first-order valence-electron chi connectivity index (χ1n) is 4.11. The molecule has 0 unspecified atom stereocenters. The molecule has 1 aliphatic carbocycles. The number of hydrogen-bond acceptors (Lipinski definition) is 2. The Bertz CT molecular complexity index is 177. The van der Waals surface area contributed by atoms with Crippen LogP contribution in [0.15, 0.2) is 0 Å². The highest BCUT2D eigenvalue weighted by molar-refractivity contribution is 7.80. The van der Waals surface area contributed by atoms with E-state index in [1.54, 1.807) is 5.29 Å². The molecule has 1 saturated carbocycles. The van der Waals surface area contributed by atoms with E-state index in [9.17, 15) is 0 Å². The molecule has 0 amide bonds. The van der Waals surface area contributed by atoms with Gasteiger partial charge in [-0.1, -0.05) is 0 Å². The first-order chi connectivity index (χ1) is 5.17. The zero-order valence-electron chi connectivity index (χ0n) is 7.34. The van der Waals surface area contributed by atoms with Crippen molar-refractivity contribution in [2.45, 2.75) is 19.3 Å². The van der Waals surface area contributed by atoms with E-state index in [4.69, 9.17) is 4.52 Å². The van der Waals surface area contributed by atoms with Gasteiger partial charge in [-0.15, -0.1) is 0 Å². The van der Waals surface area contributed by atoms with E-state index in [1.807, 2.05) is 0 Å². The second-order valence-electron chi connectivity index (χ2n) is 3.33. The molecule has 1 nitrogen and oxygen atoms in total. The van der Waals surface area contributed by atoms with Gasteiger partial charge >= 0.3 is 0 Å². The lowest BCUT2D eigenvalue weighted by Crippen LogP contribution is -2.13. The molecule has 1 aliphatic rings. The first kappa shape index (κ1) is 9.70. The second kappa shape index (κ2) is 4.02. The lowest BCUT2D eigenvalue weighted by molar-refractivity contribution is 0.384. The van der Waals surface area contributed by atoms with E-state index >= 15 is 0 Å². The summed E-state index contributed by atoms with van der Waals surface area (Å²) in [5.74, 6) is 0.844. The Morgan fingerprint density at radius 3 is 2.45 bits per heavy atom. The van der Waals surface area contributed by atoms with Crippen molar-refractivity contribution >= 4 is 25.0 Å². The first-order valence-corrected chi connectivity index (χ1v) is 7.35. The third kappa shape index (κ3) is 2.54. The molecule has 3 heteroatoms. The predicted molar refractivity (Wildman–Crippen MR) is 57.4 cm³/mol. The Balaban J connectivity index is 2.50. The van der Waals surface area contributed by atoms with Crippen LogP contribution in [0.25, 0.3) is 0 Å². The van der Waals surface area contributed by atoms with Gasteiger partial charge in [0, 0.05) is 12.9 Å². The van der Waals surface area contributed by atoms with Gasteiger partial charge in [-0.3, -0.25) is 0 Å². The molecule has 0 saturated heterocycles. The highest BCUT2D eigenvalue weighted by Crippen LogP contribution is 2.47. The zero-order chi connectivity index (χ0) is 8.32. The average Bonchev–Trinajstić information content (AvgIpc) is 1.78. The Morgan fingerprint density at radius 2 is 2.09 bits per heavy atom. The molecule has 1 fully saturated rings. The molecule has 0 aromatic heterocycles. The molecule has 11 heavy (non-hydrogen) atoms. The minimum absolute atomic E-state index is 0.813. The van der Waals surface area contributed by atoms with Gasteiger partial charge < -0.3 is 4.52 Å². The number of hydrogen-bond donors (Lipinski definition) is 1. The van der Waals surface area contributed by atoms with Crippen LogP contribution in [0.1, 0.15) is 19.3 Å². The van der Waals surface area contributed by atoms with Crippen molar-refractivity contribution in [1.29, 1.82) is 0 Å². The van der Waals surface area contributed by atoms with E-state index in [1.165, 1.54) is 19.3 Å². The van der Waals surface area contributed by atoms with Gasteiger partial charge in [0.15, 0.2) is 0 Å². The van der Waals surface area contributed by atoms with Crippen LogP contribution in [0.4, 0.5) is 0 Å². The Kier molecular flexibility index (Phi) is 3.54. The van der Waals surface area contributed by atoms with Crippen LogP contribution in [0.2, 0.25) is 0 Å². The fourth-order valence-electron chi connectivity index (χ4n) is 1.23. The predicted octanol–water partition coefficient (Wildman–Crippen LogP) is 2.48. The summed E-state index contributed by atoms with van der Waals surface area (Å²) in [6.45, 7) is 5.35. The van der Waals surface area contributed by atoms with Crippen molar-refractivity contribution in [1.82, 2.24) is 0 Å². The molecule has 0 heterocycles. The van der Waals surface area contributed by atoms with Gasteiger partial charge in [0.25, 0.3) is 0 Å². The van der Waals surface area contributed by atoms with Crippen LogP contribution in [-0.4, -0.2) is 31.0 Å². The number of rotatable bonds is 3. The maximum Gasteiger partial charge on any atom is 0.0595 e. The molecule has 0 aliphatic heterocycles. The van der Waals surface area contributed by atoms with Crippen LogP contribution in [0, 0.1) is 0 Å². The average molecular weight is 192 g/mol. The minimum Gasteiger partial charge on any atom is -0.361 e. The van der Waals surface area contributed by atoms with Crippen molar-refractivity contribution in [2.75, 3.05) is 25.7 Å². The van der Waals surface area contributed by atoms with Crippen molar-refractivity contribution in [3.8, 4) is 0 Å². The molecule has 0 atom stereocenters. The van der Waals surface area contributed by atoms with Gasteiger partial charge in [0.05, 0.1) is 6.61 Å². The lowest BCUT2D eigenvalue weighted by Gasteiger charge is -2.28. The molecule has 0 bridgehead atoms. The summed E-state index contributed by atoms with van der Waals surface area (Å²) in [4.78, 5) is 0. The van der Waals surface area contributed by atoms with Crippen molar-refractivity contribution < 1.29 is 4.52 Å². The van der Waals surface area contributed by atoms with Crippen LogP contribution < -0.4 is 0 Å². The maximum absolute atomic E-state index is 5.78. The van der Waals surface area contributed by atoms with Crippen LogP contribution in [-0.2, 0) is 4.52 Å². The van der Waals surface area contributed by atoms with Crippen LogP contribution in [0.5, 0.6) is 0 Å². The summed E-state index contributed by atoms with van der Waals surface area (Å²) >= 11 is 4.13. The molecule has 1 rings (SSSR count). The summed E-state index contributed by atoms with van der Waals surface area (Å²) in [5.41, 5.74) is 0. The molecule has 0 aromatic rings. The smallest absolute Gasteiger partial charge is 0.0595 e. The quantitative estimate of drug-likeness (QED) is 0.534. The van der Waals surface area contributed by atoms with Crippen molar-refractivity contribution in [3.63, 3.8) is 0 Å². The van der Waals surface area contributed by atoms with Crippen LogP contribution >= 0.6 is 19.7 Å². The topological polar surface area (TPSA) is 9.23 Å². The SMILES string of the molecule is CP(C)(OCCS)=C1CCC1. The monoisotopic (exact) mass is 192 g/mol. The highest BCUT2D eigenvalue weighted by Gasteiger charge is 2.18. The van der Waals surface area contributed by atoms with Crippen molar-refractivity contribution in [3.05, 3.63) is 0 Å². The summed E-state index contributed by atoms with van der Waals surface area (Å²) in [6.07, 6.45) is 4.00. The zero-order valence-corrected chi connectivity index (χ0v) is 9.13. The molecular weight excluding hydrogens is 175 g/mol. The van der Waals surface area contributed by atoms with E-state index in [0.717, 1.165) is 12.4 Å². The number of thiol groups is 1. The molecule has 0 aromatic carbocycles. The lowest BCUT2D eigenvalue weighted by atomic mass is 10.0. The maximum atomic E-state index is 5.78. The summed E-state index contributed by atoms with van der Waals surface area (Å²) in [7, 11) is -1.10. The Morgan fingerprint density at radius 1 is 1.45 bits per heavy atom. The van der Waals surface area contributed by atoms with Gasteiger partial charge in [-0.05, 0) is 37.9 Å². The normalized spacial score (nSPS) is 18.3. The van der Waals surface area contributed by atoms with Gasteiger partial charge in [-0.25, -0.2) is 0 Å². The van der Waals surface area contributed by atoms with E-state index in [2.05, 4.69) is 26.0 Å². The van der Waals surface area contributed by atoms with Crippen LogP contribution in [0.3, 0.4) is 0 Å². The standard InChI is InChI=1S/C8H17OPS/c1-10(2,9-6-7-11)8-4-3-5-8/h11H,3-7H2,1-2H3. The van der Waals surface area contributed by atoms with E-state index in [0.29, 0.717) is 0 Å². The molecular formula is C8H17OPS. The van der Waals surface area contributed by atoms with Crippen molar-refractivity contribution in [2.24, 2.45) is 0 Å². The summed E-state index contributed by atoms with van der Waals surface area (Å²) < 4.78 is 5.78. The van der Waals surface area contributed by atoms with E-state index < -0.39 is 7.11 Å². The second-order valence-corrected chi connectivity index (χ2v) is 7.37. The Hall–Kier alpha value is 0.610. The minimum atomic E-state index is -1.10. The third-order valence-corrected chi connectivity index (χ3v) is 5.18. The van der Waals surface area contributed by atoms with Gasteiger partial charge in [-0.2, -0.15) is 12.6 Å². The Labute approximate surface area is 75.0 Å². The largest absolute Gasteiger partial charge is 0.361 e. The molecule has 0 spiro atoms.